The van der Waals surface area contributed by atoms with E-state index in [1.54, 1.807) is 0 Å². The molecule has 0 fully saturated rings. The van der Waals surface area contributed by atoms with Crippen LogP contribution in [0.3, 0.4) is 0 Å². The molecular formula is C53H37NS. The second-order valence-corrected chi connectivity index (χ2v) is 16.3. The van der Waals surface area contributed by atoms with E-state index < -0.39 is 0 Å². The fraction of sp³-hybridized carbons (Fsp3) is 0.0566. The number of nitrogens with zero attached hydrogens (tertiary/aromatic N) is 1. The predicted molar refractivity (Wildman–Crippen MR) is 237 cm³/mol. The lowest BCUT2D eigenvalue weighted by Gasteiger charge is -2.31. The third-order valence-corrected chi connectivity index (χ3v) is 13.0. The number of rotatable bonds is 5. The Labute approximate surface area is 325 Å². The van der Waals surface area contributed by atoms with Crippen molar-refractivity contribution in [1.82, 2.24) is 0 Å². The van der Waals surface area contributed by atoms with Crippen LogP contribution in [-0.4, -0.2) is 0 Å². The number of hydrogen-bond acceptors (Lipinski definition) is 2. The third-order valence-electron chi connectivity index (χ3n) is 11.9. The fourth-order valence-corrected chi connectivity index (χ4v) is 10.5. The minimum atomic E-state index is -0.136. The highest BCUT2D eigenvalue weighted by molar-refractivity contribution is 7.27. The molecule has 1 aliphatic rings. The van der Waals surface area contributed by atoms with Gasteiger partial charge in [0.05, 0.1) is 5.69 Å². The molecule has 1 nitrogen and oxygen atoms in total. The first-order valence-electron chi connectivity index (χ1n) is 19.1. The SMILES string of the molecule is CC1(C)c2ccccc2-c2ccc(N(c3ccc(-c4ccccc4)cc3)c3c(-c4ccccc4)ccc4sc5c6ccccc6c6ccccc6c5c34)cc21. The molecule has 2 heteroatoms. The quantitative estimate of drug-likeness (QED) is 0.160. The van der Waals surface area contributed by atoms with Gasteiger partial charge >= 0.3 is 0 Å². The maximum atomic E-state index is 2.55. The zero-order valence-corrected chi connectivity index (χ0v) is 31.6. The van der Waals surface area contributed by atoms with E-state index in [1.807, 2.05) is 11.3 Å². The van der Waals surface area contributed by atoms with Crippen LogP contribution in [0.25, 0.3) is 75.1 Å². The number of fused-ring (bicyclic) bond motifs is 11. The maximum Gasteiger partial charge on any atom is 0.0633 e. The lowest BCUT2D eigenvalue weighted by Crippen LogP contribution is -2.17. The molecule has 9 aromatic carbocycles. The van der Waals surface area contributed by atoms with E-state index in [0.29, 0.717) is 0 Å². The fourth-order valence-electron chi connectivity index (χ4n) is 9.23. The molecule has 260 valence electrons. The molecule has 0 saturated carbocycles. The number of benzene rings is 9. The maximum absolute atomic E-state index is 2.55. The minimum absolute atomic E-state index is 0.136. The van der Waals surface area contributed by atoms with Crippen molar-refractivity contribution in [2.75, 3.05) is 4.90 Å². The molecule has 10 aromatic rings. The summed E-state index contributed by atoms with van der Waals surface area (Å²) < 4.78 is 2.62. The van der Waals surface area contributed by atoms with Crippen molar-refractivity contribution in [2.45, 2.75) is 19.3 Å². The molecule has 0 amide bonds. The molecule has 55 heavy (non-hydrogen) atoms. The van der Waals surface area contributed by atoms with E-state index in [1.165, 1.54) is 91.9 Å². The first-order chi connectivity index (χ1) is 27.1. The second kappa shape index (κ2) is 12.3. The number of anilines is 3. The van der Waals surface area contributed by atoms with Gasteiger partial charge in [0.25, 0.3) is 0 Å². The van der Waals surface area contributed by atoms with E-state index in [0.717, 1.165) is 11.4 Å². The van der Waals surface area contributed by atoms with Crippen LogP contribution in [0, 0.1) is 0 Å². The van der Waals surface area contributed by atoms with Gasteiger partial charge in [0.2, 0.25) is 0 Å². The van der Waals surface area contributed by atoms with Crippen LogP contribution in [0.1, 0.15) is 25.0 Å². The zero-order chi connectivity index (χ0) is 36.7. The van der Waals surface area contributed by atoms with Gasteiger partial charge in [-0.2, -0.15) is 0 Å². The lowest BCUT2D eigenvalue weighted by atomic mass is 9.82. The Bertz CT molecular complexity index is 3100. The number of thiophene rings is 1. The van der Waals surface area contributed by atoms with Gasteiger partial charge in [0.1, 0.15) is 0 Å². The molecule has 0 radical (unpaired) electrons. The van der Waals surface area contributed by atoms with Crippen LogP contribution >= 0.6 is 11.3 Å². The second-order valence-electron chi connectivity index (χ2n) is 15.2. The Hall–Kier alpha value is -6.48. The van der Waals surface area contributed by atoms with Crippen molar-refractivity contribution in [1.29, 1.82) is 0 Å². The summed E-state index contributed by atoms with van der Waals surface area (Å²) in [6, 6.07) is 69.5. The molecule has 0 bridgehead atoms. The average molecular weight is 720 g/mol. The van der Waals surface area contributed by atoms with Gasteiger partial charge in [-0.25, -0.2) is 0 Å². The van der Waals surface area contributed by atoms with Crippen molar-refractivity contribution >= 4 is 70.1 Å². The highest BCUT2D eigenvalue weighted by atomic mass is 32.1. The van der Waals surface area contributed by atoms with Gasteiger partial charge in [-0.3, -0.25) is 0 Å². The van der Waals surface area contributed by atoms with Crippen LogP contribution < -0.4 is 4.90 Å². The third kappa shape index (κ3) is 4.85. The summed E-state index contributed by atoms with van der Waals surface area (Å²) in [6.45, 7) is 4.75. The van der Waals surface area contributed by atoms with Gasteiger partial charge in [-0.1, -0.05) is 172 Å². The van der Waals surface area contributed by atoms with Gasteiger partial charge in [0.15, 0.2) is 0 Å². The van der Waals surface area contributed by atoms with Crippen LogP contribution in [0.4, 0.5) is 17.1 Å². The summed E-state index contributed by atoms with van der Waals surface area (Å²) in [5.74, 6) is 0. The summed E-state index contributed by atoms with van der Waals surface area (Å²) in [5, 5.41) is 7.80. The van der Waals surface area contributed by atoms with Crippen LogP contribution in [0.5, 0.6) is 0 Å². The van der Waals surface area contributed by atoms with Gasteiger partial charge in [-0.15, -0.1) is 11.3 Å². The van der Waals surface area contributed by atoms with Gasteiger partial charge in [-0.05, 0) is 85.4 Å². The molecule has 0 N–H and O–H groups in total. The molecule has 0 spiro atoms. The van der Waals surface area contributed by atoms with Crippen LogP contribution in [0.2, 0.25) is 0 Å². The van der Waals surface area contributed by atoms with E-state index >= 15 is 0 Å². The molecule has 0 unspecified atom stereocenters. The molecule has 11 rings (SSSR count). The molecule has 1 aromatic heterocycles. The average Bonchev–Trinajstić information content (AvgIpc) is 3.75. The summed E-state index contributed by atoms with van der Waals surface area (Å²) in [7, 11) is 0. The first kappa shape index (κ1) is 32.0. The van der Waals surface area contributed by atoms with Crippen molar-refractivity contribution in [3.63, 3.8) is 0 Å². The van der Waals surface area contributed by atoms with Crippen LogP contribution in [0.15, 0.2) is 188 Å². The van der Waals surface area contributed by atoms with Crippen molar-refractivity contribution in [2.24, 2.45) is 0 Å². The highest BCUT2D eigenvalue weighted by Gasteiger charge is 2.36. The summed E-state index contributed by atoms with van der Waals surface area (Å²) in [5.41, 5.74) is 13.6. The van der Waals surface area contributed by atoms with E-state index in [9.17, 15) is 0 Å². The Kier molecular flexibility index (Phi) is 7.14. The molecule has 0 atom stereocenters. The van der Waals surface area contributed by atoms with Crippen molar-refractivity contribution < 1.29 is 0 Å². The standard InChI is InChI=1S/C53H37NS/c1-53(2)46-24-14-13-21-42(46)43-30-29-38(33-47(43)53)54(37-27-25-35(26-28-37)34-15-5-3-6-16-34)51-39(36-17-7-4-8-18-36)31-32-48-50(51)49-44-22-11-9-19-40(44)41-20-10-12-23-45(41)52(49)55-48/h3-33H,1-2H3. The minimum Gasteiger partial charge on any atom is -0.309 e. The van der Waals surface area contributed by atoms with Crippen molar-refractivity contribution in [3.05, 3.63) is 199 Å². The largest absolute Gasteiger partial charge is 0.309 e. The summed E-state index contributed by atoms with van der Waals surface area (Å²) >= 11 is 1.92. The van der Waals surface area contributed by atoms with Crippen LogP contribution in [-0.2, 0) is 5.41 Å². The lowest BCUT2D eigenvalue weighted by molar-refractivity contribution is 0.660. The summed E-state index contributed by atoms with van der Waals surface area (Å²) in [4.78, 5) is 2.55. The van der Waals surface area contributed by atoms with E-state index in [4.69, 9.17) is 0 Å². The van der Waals surface area contributed by atoms with Crippen molar-refractivity contribution in [3.8, 4) is 33.4 Å². The predicted octanol–water partition coefficient (Wildman–Crippen LogP) is 15.5. The zero-order valence-electron chi connectivity index (χ0n) is 30.8. The first-order valence-corrected chi connectivity index (χ1v) is 19.9. The molecule has 1 heterocycles. The summed E-state index contributed by atoms with van der Waals surface area (Å²) in [6.07, 6.45) is 0. The normalized spacial score (nSPS) is 13.1. The van der Waals surface area contributed by atoms with E-state index in [2.05, 4.69) is 207 Å². The Balaban J connectivity index is 1.27. The smallest absolute Gasteiger partial charge is 0.0633 e. The van der Waals surface area contributed by atoms with Gasteiger partial charge < -0.3 is 4.90 Å². The molecule has 0 aliphatic heterocycles. The Morgan fingerprint density at radius 1 is 0.400 bits per heavy atom. The Morgan fingerprint density at radius 2 is 0.945 bits per heavy atom. The molecule has 0 saturated heterocycles. The van der Waals surface area contributed by atoms with E-state index in [-0.39, 0.29) is 5.41 Å². The topological polar surface area (TPSA) is 3.24 Å². The molecular weight excluding hydrogens is 683 g/mol. The van der Waals surface area contributed by atoms with Gasteiger partial charge in [0, 0.05) is 47.9 Å². The monoisotopic (exact) mass is 719 g/mol. The Morgan fingerprint density at radius 3 is 1.69 bits per heavy atom. The highest BCUT2D eigenvalue weighted by Crippen LogP contribution is 2.55. The number of hydrogen-bond donors (Lipinski definition) is 0. The molecule has 1 aliphatic carbocycles.